The van der Waals surface area contributed by atoms with Crippen LogP contribution >= 0.6 is 11.6 Å². The maximum Gasteiger partial charge on any atom is 0.273 e. The Hall–Kier alpha value is -3.97. The molecule has 0 aliphatic carbocycles. The van der Waals surface area contributed by atoms with E-state index >= 15 is 0 Å². The van der Waals surface area contributed by atoms with Crippen molar-refractivity contribution in [2.24, 2.45) is 0 Å². The molecule has 1 unspecified atom stereocenters. The molecule has 2 heterocycles. The molecule has 0 saturated carbocycles. The Bertz CT molecular complexity index is 1450. The summed E-state index contributed by atoms with van der Waals surface area (Å²) in [7, 11) is 3.24. The van der Waals surface area contributed by atoms with Gasteiger partial charge in [0, 0.05) is 22.7 Å². The summed E-state index contributed by atoms with van der Waals surface area (Å²) in [4.78, 5) is 15.7. The number of ether oxygens (including phenoxy) is 3. The van der Waals surface area contributed by atoms with E-state index < -0.39 is 0 Å². The third-order valence-corrected chi connectivity index (χ3v) is 7.54. The number of rotatable bonds is 12. The minimum atomic E-state index is -0.304. The number of carbonyl (C=O) groups is 1. The Labute approximate surface area is 240 Å². The molecule has 1 N–H and O–H groups in total. The molecule has 5 rings (SSSR count). The van der Waals surface area contributed by atoms with Gasteiger partial charge in [-0.05, 0) is 60.4 Å². The smallest absolute Gasteiger partial charge is 0.273 e. The molecule has 0 spiro atoms. The second-order valence-electron chi connectivity index (χ2n) is 9.83. The lowest BCUT2D eigenvalue weighted by molar-refractivity contribution is 0.0746. The molecule has 0 fully saturated rings. The molecule has 208 valence electrons. The number of amides is 1. The zero-order valence-electron chi connectivity index (χ0n) is 23.1. The van der Waals surface area contributed by atoms with E-state index in [0.29, 0.717) is 41.8 Å². The SMILES string of the molecule is CCCCCOc1ccc(C2c3c(-c4ccc(Cl)cc4)n[nH]c3C(=O)N2CCc2ccc(OC)c(OC)c2)cc1. The fourth-order valence-corrected chi connectivity index (χ4v) is 5.30. The largest absolute Gasteiger partial charge is 0.494 e. The van der Waals surface area contributed by atoms with Crippen molar-refractivity contribution in [3.63, 3.8) is 0 Å². The van der Waals surface area contributed by atoms with Crippen molar-refractivity contribution in [3.8, 4) is 28.5 Å². The van der Waals surface area contributed by atoms with Crippen molar-refractivity contribution < 1.29 is 19.0 Å². The van der Waals surface area contributed by atoms with Gasteiger partial charge in [-0.15, -0.1) is 0 Å². The molecule has 1 aromatic heterocycles. The van der Waals surface area contributed by atoms with E-state index in [1.165, 1.54) is 0 Å². The zero-order valence-corrected chi connectivity index (χ0v) is 23.8. The Kier molecular flexibility index (Phi) is 8.60. The summed E-state index contributed by atoms with van der Waals surface area (Å²) in [6.45, 7) is 3.38. The van der Waals surface area contributed by atoms with Crippen LogP contribution in [0.1, 0.15) is 59.4 Å². The lowest BCUT2D eigenvalue weighted by Crippen LogP contribution is -2.31. The normalized spacial score (nSPS) is 14.3. The van der Waals surface area contributed by atoms with E-state index in [0.717, 1.165) is 53.0 Å². The van der Waals surface area contributed by atoms with Crippen LogP contribution in [0, 0.1) is 0 Å². The second kappa shape index (κ2) is 12.5. The molecular formula is C32H34ClN3O4. The predicted molar refractivity (Wildman–Crippen MR) is 157 cm³/mol. The second-order valence-corrected chi connectivity index (χ2v) is 10.3. The quantitative estimate of drug-likeness (QED) is 0.187. The first kappa shape index (κ1) is 27.6. The minimum absolute atomic E-state index is 0.0758. The molecule has 0 saturated heterocycles. The van der Waals surface area contributed by atoms with Gasteiger partial charge in [0.1, 0.15) is 11.4 Å². The monoisotopic (exact) mass is 559 g/mol. The highest BCUT2D eigenvalue weighted by Crippen LogP contribution is 2.43. The highest BCUT2D eigenvalue weighted by molar-refractivity contribution is 6.30. The lowest BCUT2D eigenvalue weighted by atomic mass is 9.96. The number of H-pyrrole nitrogens is 1. The molecule has 4 aromatic rings. The van der Waals surface area contributed by atoms with Crippen molar-refractivity contribution >= 4 is 17.5 Å². The van der Waals surface area contributed by atoms with E-state index in [9.17, 15) is 4.79 Å². The van der Waals surface area contributed by atoms with Crippen molar-refractivity contribution in [2.75, 3.05) is 27.4 Å². The van der Waals surface area contributed by atoms with Gasteiger partial charge in [0.15, 0.2) is 11.5 Å². The molecule has 1 aliphatic heterocycles. The Balaban J connectivity index is 1.46. The molecule has 7 nitrogen and oxygen atoms in total. The van der Waals surface area contributed by atoms with Gasteiger partial charge in [-0.2, -0.15) is 5.10 Å². The van der Waals surface area contributed by atoms with Crippen molar-refractivity contribution in [2.45, 2.75) is 38.6 Å². The number of fused-ring (bicyclic) bond motifs is 1. The fraction of sp³-hybridized carbons (Fsp3) is 0.312. The number of hydrogen-bond acceptors (Lipinski definition) is 5. The van der Waals surface area contributed by atoms with E-state index in [2.05, 4.69) is 17.1 Å². The summed E-state index contributed by atoms with van der Waals surface area (Å²) in [6, 6.07) is 21.1. The van der Waals surface area contributed by atoms with Gasteiger partial charge in [-0.25, -0.2) is 0 Å². The van der Waals surface area contributed by atoms with Gasteiger partial charge < -0.3 is 19.1 Å². The maximum absolute atomic E-state index is 13.8. The van der Waals surface area contributed by atoms with E-state index in [1.54, 1.807) is 14.2 Å². The van der Waals surface area contributed by atoms with Crippen LogP contribution in [0.5, 0.6) is 17.2 Å². The molecule has 0 radical (unpaired) electrons. The molecule has 1 atom stereocenters. The van der Waals surface area contributed by atoms with Crippen molar-refractivity contribution in [1.29, 1.82) is 0 Å². The highest BCUT2D eigenvalue weighted by Gasteiger charge is 2.42. The van der Waals surface area contributed by atoms with Crippen LogP contribution in [0.4, 0.5) is 0 Å². The van der Waals surface area contributed by atoms with Crippen LogP contribution in [0.25, 0.3) is 11.3 Å². The number of methoxy groups -OCH3 is 2. The summed E-state index contributed by atoms with van der Waals surface area (Å²) in [5.74, 6) is 2.09. The van der Waals surface area contributed by atoms with Crippen LogP contribution in [-0.2, 0) is 6.42 Å². The van der Waals surface area contributed by atoms with Crippen LogP contribution in [0.2, 0.25) is 5.02 Å². The van der Waals surface area contributed by atoms with Gasteiger partial charge in [-0.3, -0.25) is 9.89 Å². The summed E-state index contributed by atoms with van der Waals surface area (Å²) >= 11 is 6.15. The molecular weight excluding hydrogens is 526 g/mol. The standard InChI is InChI=1S/C32H34ClN3O4/c1-4-5-6-19-40-25-14-10-23(11-15-25)31-28-29(22-8-12-24(33)13-9-22)34-35-30(28)32(37)36(31)18-17-21-7-16-26(38-2)27(20-21)39-3/h7-16,20,31H,4-6,17-19H2,1-3H3,(H,34,35). The van der Waals surface area contributed by atoms with Gasteiger partial charge in [0.2, 0.25) is 0 Å². The van der Waals surface area contributed by atoms with Crippen LogP contribution in [-0.4, -0.2) is 48.4 Å². The number of halogens is 1. The number of aromatic amines is 1. The minimum Gasteiger partial charge on any atom is -0.494 e. The number of nitrogens with zero attached hydrogens (tertiary/aromatic N) is 2. The number of unbranched alkanes of at least 4 members (excludes halogenated alkanes) is 2. The molecule has 3 aromatic carbocycles. The van der Waals surface area contributed by atoms with Crippen molar-refractivity contribution in [3.05, 3.63) is 94.1 Å². The van der Waals surface area contributed by atoms with Crippen LogP contribution in [0.15, 0.2) is 66.7 Å². The average Bonchev–Trinajstić information content (AvgIpc) is 3.53. The third-order valence-electron chi connectivity index (χ3n) is 7.28. The predicted octanol–water partition coefficient (Wildman–Crippen LogP) is 7.10. The Morgan fingerprint density at radius 3 is 2.40 bits per heavy atom. The van der Waals surface area contributed by atoms with E-state index in [1.807, 2.05) is 71.6 Å². The molecule has 1 aliphatic rings. The van der Waals surface area contributed by atoms with E-state index in [4.69, 9.17) is 25.8 Å². The zero-order chi connectivity index (χ0) is 28.1. The number of aromatic nitrogens is 2. The number of hydrogen-bond donors (Lipinski definition) is 1. The first-order valence-corrected chi connectivity index (χ1v) is 14.0. The van der Waals surface area contributed by atoms with Gasteiger partial charge in [0.05, 0.1) is 32.6 Å². The summed E-state index contributed by atoms with van der Waals surface area (Å²) in [5.41, 5.74) is 5.08. The number of carbonyl (C=O) groups excluding carboxylic acids is 1. The van der Waals surface area contributed by atoms with Gasteiger partial charge >= 0.3 is 0 Å². The van der Waals surface area contributed by atoms with Crippen molar-refractivity contribution in [1.82, 2.24) is 15.1 Å². The van der Waals surface area contributed by atoms with Gasteiger partial charge in [-0.1, -0.05) is 61.7 Å². The summed E-state index contributed by atoms with van der Waals surface area (Å²) in [5, 5.41) is 8.24. The lowest BCUT2D eigenvalue weighted by Gasteiger charge is -2.27. The average molecular weight is 560 g/mol. The van der Waals surface area contributed by atoms with Gasteiger partial charge in [0.25, 0.3) is 5.91 Å². The Morgan fingerprint density at radius 2 is 1.70 bits per heavy atom. The number of nitrogens with one attached hydrogen (secondary N) is 1. The highest BCUT2D eigenvalue weighted by atomic mass is 35.5. The first-order valence-electron chi connectivity index (χ1n) is 13.6. The topological polar surface area (TPSA) is 76.7 Å². The molecule has 40 heavy (non-hydrogen) atoms. The van der Waals surface area contributed by atoms with Crippen LogP contribution < -0.4 is 14.2 Å². The summed E-state index contributed by atoms with van der Waals surface area (Å²) < 4.78 is 16.8. The molecule has 0 bridgehead atoms. The van der Waals surface area contributed by atoms with Crippen LogP contribution in [0.3, 0.4) is 0 Å². The summed E-state index contributed by atoms with van der Waals surface area (Å²) in [6.07, 6.45) is 3.98. The van der Waals surface area contributed by atoms with E-state index in [-0.39, 0.29) is 11.9 Å². The molecule has 1 amide bonds. The fourth-order valence-electron chi connectivity index (χ4n) is 5.18. The third kappa shape index (κ3) is 5.65. The Morgan fingerprint density at radius 1 is 0.950 bits per heavy atom. The first-order chi connectivity index (χ1) is 19.5. The maximum atomic E-state index is 13.8. The number of benzene rings is 3. The molecule has 8 heteroatoms.